The number of guanidine groups is 1. The summed E-state index contributed by atoms with van der Waals surface area (Å²) >= 11 is 0. The van der Waals surface area contributed by atoms with Gasteiger partial charge < -0.3 is 20.5 Å². The molecule has 0 bridgehead atoms. The lowest BCUT2D eigenvalue weighted by atomic mass is 9.98. The van der Waals surface area contributed by atoms with Gasteiger partial charge in [0.25, 0.3) is 0 Å². The highest BCUT2D eigenvalue weighted by Crippen LogP contribution is 2.20. The number of nitrogens with zero attached hydrogens (tertiary/aromatic N) is 1. The van der Waals surface area contributed by atoms with Gasteiger partial charge in [-0.05, 0) is 43.9 Å². The van der Waals surface area contributed by atoms with Gasteiger partial charge in [-0.15, -0.1) is 0 Å². The van der Waals surface area contributed by atoms with Gasteiger partial charge in [-0.2, -0.15) is 0 Å². The molecule has 1 aromatic carbocycles. The molecule has 1 aliphatic rings. The molecule has 0 aliphatic heterocycles. The second kappa shape index (κ2) is 10.9. The lowest BCUT2D eigenvalue weighted by Gasteiger charge is -2.22. The van der Waals surface area contributed by atoms with Crippen molar-refractivity contribution in [2.45, 2.75) is 58.1 Å². The Kier molecular flexibility index (Phi) is 8.46. The molecule has 1 aromatic rings. The van der Waals surface area contributed by atoms with E-state index in [-0.39, 0.29) is 5.75 Å². The smallest absolute Gasteiger partial charge is 0.191 e. The molecule has 0 heterocycles. The quantitative estimate of drug-likeness (QED) is 0.388. The molecule has 0 radical (unpaired) electrons. The third-order valence-corrected chi connectivity index (χ3v) is 4.22. The van der Waals surface area contributed by atoms with Gasteiger partial charge in [-0.3, -0.25) is 0 Å². The normalized spacial score (nSPS) is 16.1. The van der Waals surface area contributed by atoms with E-state index in [2.05, 4.69) is 22.5 Å². The molecule has 5 nitrogen and oxygen atoms in total. The van der Waals surface area contributed by atoms with Crippen LogP contribution in [0.25, 0.3) is 0 Å². The Labute approximate surface area is 145 Å². The minimum Gasteiger partial charge on any atom is -0.508 e. The Hall–Kier alpha value is -1.75. The van der Waals surface area contributed by atoms with Crippen LogP contribution in [0.1, 0.15) is 51.0 Å². The first-order chi connectivity index (χ1) is 11.8. The molecule has 0 spiro atoms. The van der Waals surface area contributed by atoms with Gasteiger partial charge in [0.05, 0.1) is 12.6 Å². The van der Waals surface area contributed by atoms with Gasteiger partial charge in [0.2, 0.25) is 0 Å². The number of hydrogen-bond donors (Lipinski definition) is 3. The fourth-order valence-corrected chi connectivity index (χ4v) is 2.87. The van der Waals surface area contributed by atoms with Crippen molar-refractivity contribution in [2.75, 3.05) is 19.7 Å². The summed E-state index contributed by atoms with van der Waals surface area (Å²) in [5, 5.41) is 15.9. The fraction of sp³-hybridized carbons (Fsp3) is 0.632. The summed E-state index contributed by atoms with van der Waals surface area (Å²) in [4.78, 5) is 4.57. The van der Waals surface area contributed by atoms with Crippen molar-refractivity contribution in [1.29, 1.82) is 0 Å². The molecule has 0 saturated heterocycles. The van der Waals surface area contributed by atoms with Crippen LogP contribution in [0.15, 0.2) is 29.3 Å². The molecular weight excluding hydrogens is 302 g/mol. The molecule has 1 fully saturated rings. The van der Waals surface area contributed by atoms with Gasteiger partial charge in [0, 0.05) is 19.7 Å². The average Bonchev–Trinajstić information content (AvgIpc) is 2.61. The molecular formula is C19H31N3O2. The first-order valence-corrected chi connectivity index (χ1v) is 9.19. The standard InChI is InChI=1S/C19H31N3O2/c1-2-20-19(22-15-16-9-11-17(23)12-10-16)21-13-6-14-24-18-7-4-3-5-8-18/h9-12,18,23H,2-8,13-15H2,1H3,(H2,20,21,22). The van der Waals surface area contributed by atoms with Crippen molar-refractivity contribution in [1.82, 2.24) is 10.6 Å². The van der Waals surface area contributed by atoms with E-state index in [1.807, 2.05) is 12.1 Å². The van der Waals surface area contributed by atoms with Crippen molar-refractivity contribution >= 4 is 5.96 Å². The maximum Gasteiger partial charge on any atom is 0.191 e. The van der Waals surface area contributed by atoms with Crippen LogP contribution in [0.2, 0.25) is 0 Å². The monoisotopic (exact) mass is 333 g/mol. The van der Waals surface area contributed by atoms with Crippen LogP contribution in [0.5, 0.6) is 5.75 Å². The summed E-state index contributed by atoms with van der Waals surface area (Å²) in [7, 11) is 0. The SMILES string of the molecule is CCNC(=NCc1ccc(O)cc1)NCCCOC1CCCCC1. The number of phenols is 1. The number of nitrogens with one attached hydrogen (secondary N) is 2. The van der Waals surface area contributed by atoms with Crippen LogP contribution in [0.4, 0.5) is 0 Å². The number of aromatic hydroxyl groups is 1. The Morgan fingerprint density at radius 2 is 1.92 bits per heavy atom. The Morgan fingerprint density at radius 3 is 2.62 bits per heavy atom. The summed E-state index contributed by atoms with van der Waals surface area (Å²) in [6, 6.07) is 7.16. The predicted molar refractivity (Wildman–Crippen MR) is 98.4 cm³/mol. The van der Waals surface area contributed by atoms with Gasteiger partial charge in [-0.1, -0.05) is 31.4 Å². The van der Waals surface area contributed by atoms with Crippen LogP contribution in [-0.4, -0.2) is 36.9 Å². The van der Waals surface area contributed by atoms with Crippen molar-refractivity contribution in [3.05, 3.63) is 29.8 Å². The fourth-order valence-electron chi connectivity index (χ4n) is 2.87. The van der Waals surface area contributed by atoms with E-state index in [1.165, 1.54) is 32.1 Å². The topological polar surface area (TPSA) is 65.9 Å². The van der Waals surface area contributed by atoms with Crippen LogP contribution in [-0.2, 0) is 11.3 Å². The summed E-state index contributed by atoms with van der Waals surface area (Å²) in [5.41, 5.74) is 1.07. The van der Waals surface area contributed by atoms with Gasteiger partial charge >= 0.3 is 0 Å². The van der Waals surface area contributed by atoms with E-state index in [0.717, 1.165) is 37.6 Å². The Morgan fingerprint density at radius 1 is 1.17 bits per heavy atom. The van der Waals surface area contributed by atoms with Gasteiger partial charge in [0.15, 0.2) is 5.96 Å². The number of hydrogen-bond acceptors (Lipinski definition) is 3. The zero-order chi connectivity index (χ0) is 17.0. The summed E-state index contributed by atoms with van der Waals surface area (Å²) in [6.07, 6.45) is 7.92. The number of phenolic OH excluding ortho intramolecular Hbond substituents is 1. The van der Waals surface area contributed by atoms with Crippen LogP contribution >= 0.6 is 0 Å². The van der Waals surface area contributed by atoms with Crippen molar-refractivity contribution < 1.29 is 9.84 Å². The van der Waals surface area contributed by atoms with Crippen LogP contribution < -0.4 is 10.6 Å². The van der Waals surface area contributed by atoms with E-state index in [0.29, 0.717) is 12.6 Å². The number of rotatable bonds is 8. The number of aliphatic imine (C=N–C) groups is 1. The third kappa shape index (κ3) is 7.21. The lowest BCUT2D eigenvalue weighted by Crippen LogP contribution is -2.38. The molecule has 0 unspecified atom stereocenters. The van der Waals surface area contributed by atoms with E-state index in [1.54, 1.807) is 12.1 Å². The van der Waals surface area contributed by atoms with E-state index in [4.69, 9.17) is 4.74 Å². The average molecular weight is 333 g/mol. The Balaban J connectivity index is 1.66. The number of benzene rings is 1. The first-order valence-electron chi connectivity index (χ1n) is 9.19. The second-order valence-corrected chi connectivity index (χ2v) is 6.27. The molecule has 2 rings (SSSR count). The van der Waals surface area contributed by atoms with E-state index in [9.17, 15) is 5.11 Å². The third-order valence-electron chi connectivity index (χ3n) is 4.22. The van der Waals surface area contributed by atoms with Gasteiger partial charge in [-0.25, -0.2) is 4.99 Å². The van der Waals surface area contributed by atoms with Crippen molar-refractivity contribution in [2.24, 2.45) is 4.99 Å². The summed E-state index contributed by atoms with van der Waals surface area (Å²) < 4.78 is 5.94. The predicted octanol–water partition coefficient (Wildman–Crippen LogP) is 3.19. The molecule has 1 saturated carbocycles. The molecule has 0 atom stereocenters. The highest BCUT2D eigenvalue weighted by molar-refractivity contribution is 5.79. The van der Waals surface area contributed by atoms with E-state index < -0.39 is 0 Å². The highest BCUT2D eigenvalue weighted by Gasteiger charge is 2.12. The van der Waals surface area contributed by atoms with Gasteiger partial charge in [0.1, 0.15) is 5.75 Å². The number of ether oxygens (including phenoxy) is 1. The zero-order valence-electron chi connectivity index (χ0n) is 14.8. The zero-order valence-corrected chi connectivity index (χ0v) is 14.8. The summed E-state index contributed by atoms with van der Waals surface area (Å²) in [5.74, 6) is 1.11. The maximum atomic E-state index is 9.31. The lowest BCUT2D eigenvalue weighted by molar-refractivity contribution is 0.0277. The van der Waals surface area contributed by atoms with Crippen molar-refractivity contribution in [3.63, 3.8) is 0 Å². The minimum atomic E-state index is 0.283. The molecule has 0 amide bonds. The highest BCUT2D eigenvalue weighted by atomic mass is 16.5. The minimum absolute atomic E-state index is 0.283. The van der Waals surface area contributed by atoms with Crippen LogP contribution in [0, 0.1) is 0 Å². The largest absolute Gasteiger partial charge is 0.508 e. The summed E-state index contributed by atoms with van der Waals surface area (Å²) in [6.45, 7) is 5.15. The second-order valence-electron chi connectivity index (χ2n) is 6.27. The molecule has 134 valence electrons. The maximum absolute atomic E-state index is 9.31. The Bertz CT molecular complexity index is 482. The molecule has 3 N–H and O–H groups in total. The molecule has 5 heteroatoms. The molecule has 1 aliphatic carbocycles. The van der Waals surface area contributed by atoms with E-state index >= 15 is 0 Å². The first kappa shape index (κ1) is 18.6. The molecule has 0 aromatic heterocycles. The molecule has 24 heavy (non-hydrogen) atoms. The van der Waals surface area contributed by atoms with Crippen LogP contribution in [0.3, 0.4) is 0 Å². The van der Waals surface area contributed by atoms with Crippen molar-refractivity contribution in [3.8, 4) is 5.75 Å².